The van der Waals surface area contributed by atoms with Crippen molar-refractivity contribution in [2.75, 3.05) is 13.2 Å². The molecule has 0 aliphatic heterocycles. The number of carboxylic acids is 1. The van der Waals surface area contributed by atoms with Crippen LogP contribution in [0.5, 0.6) is 0 Å². The van der Waals surface area contributed by atoms with Crippen molar-refractivity contribution in [2.45, 2.75) is 155 Å². The number of carbonyl (C=O) groups is 9. The molecule has 0 aromatic heterocycles. The van der Waals surface area contributed by atoms with E-state index in [2.05, 4.69) is 26.6 Å². The zero-order valence-corrected chi connectivity index (χ0v) is 35.9. The van der Waals surface area contributed by atoms with Crippen molar-refractivity contribution >= 4 is 53.1 Å². The Labute approximate surface area is 350 Å². The topological polar surface area (TPSA) is 365 Å². The molecule has 0 heterocycles. The molecule has 0 aliphatic carbocycles. The number of amides is 7. The third-order valence-electron chi connectivity index (χ3n) is 9.58. The fourth-order valence-electron chi connectivity index (χ4n) is 5.57. The molecule has 1 unspecified atom stereocenters. The van der Waals surface area contributed by atoms with Crippen LogP contribution in [0.25, 0.3) is 0 Å². The predicted molar refractivity (Wildman–Crippen MR) is 215 cm³/mol. The highest BCUT2D eigenvalue weighted by Crippen LogP contribution is 2.13. The second kappa shape index (κ2) is 27.2. The molecule has 22 heteroatoms. The summed E-state index contributed by atoms with van der Waals surface area (Å²) in [6, 6.07) is -10.5. The lowest BCUT2D eigenvalue weighted by atomic mass is 9.96. The highest BCUT2D eigenvalue weighted by molar-refractivity contribution is 5.98. The number of aliphatic hydroxyl groups is 4. The van der Waals surface area contributed by atoms with Crippen molar-refractivity contribution in [3.8, 4) is 0 Å². The molecule has 0 aromatic carbocycles. The Balaban J connectivity index is 6.12. The highest BCUT2D eigenvalue weighted by Gasteiger charge is 2.37. The lowest BCUT2D eigenvalue weighted by Crippen LogP contribution is -2.62. The minimum absolute atomic E-state index is 0.0869. The molecule has 11 atom stereocenters. The maximum atomic E-state index is 13.8. The average molecular weight is 861 g/mol. The molecule has 22 nitrogen and oxygen atoms in total. The van der Waals surface area contributed by atoms with E-state index in [9.17, 15) is 63.6 Å². The average Bonchev–Trinajstić information content (AvgIpc) is 3.17. The first-order chi connectivity index (χ1) is 27.8. The largest absolute Gasteiger partial charge is 0.480 e. The number of Topliss-reactive ketones (excluding diaryl/α,β-unsaturated/α-hetero) is 1. The SMILES string of the molecule is CCCC[C@@H](NC(=O)[C@H](CC(C)C)NC(=O)[C@@H](N)[C@H](O)C(C)C)C(=O)NC(C(=O)N[C@H](C(=O)NCC(=O)N[C@H](C(=O)N[C@@H](CO)C(=O)O)[C@H](O)C(C)=O)[C@H](C)O)[C@@H](C)CC. The molecule has 60 heavy (non-hydrogen) atoms. The summed E-state index contributed by atoms with van der Waals surface area (Å²) < 4.78 is 0. The fourth-order valence-corrected chi connectivity index (χ4v) is 5.57. The van der Waals surface area contributed by atoms with Crippen molar-refractivity contribution in [3.05, 3.63) is 0 Å². The lowest BCUT2D eigenvalue weighted by molar-refractivity contribution is -0.144. The molecule has 344 valence electrons. The number of carboxylic acid groups (broad SMARTS) is 1. The molecule has 0 saturated carbocycles. The quantitative estimate of drug-likeness (QED) is 0.0357. The van der Waals surface area contributed by atoms with Gasteiger partial charge in [-0.3, -0.25) is 38.4 Å². The number of aliphatic carboxylic acids is 1. The number of rotatable bonds is 28. The lowest BCUT2D eigenvalue weighted by Gasteiger charge is -2.30. The summed E-state index contributed by atoms with van der Waals surface area (Å²) in [5.41, 5.74) is 5.95. The molecule has 14 N–H and O–H groups in total. The minimum Gasteiger partial charge on any atom is -0.480 e. The van der Waals surface area contributed by atoms with E-state index in [0.717, 1.165) is 13.8 Å². The van der Waals surface area contributed by atoms with Crippen LogP contribution in [-0.4, -0.2) is 152 Å². The van der Waals surface area contributed by atoms with Crippen LogP contribution in [0.15, 0.2) is 0 Å². The third-order valence-corrected chi connectivity index (χ3v) is 9.58. The molecule has 0 aromatic rings. The van der Waals surface area contributed by atoms with Gasteiger partial charge in [0, 0.05) is 0 Å². The Kier molecular flexibility index (Phi) is 25.0. The summed E-state index contributed by atoms with van der Waals surface area (Å²) in [6.07, 6.45) is -3.14. The van der Waals surface area contributed by atoms with Crippen LogP contribution < -0.4 is 43.0 Å². The number of hydrogen-bond donors (Lipinski definition) is 13. The van der Waals surface area contributed by atoms with E-state index in [-0.39, 0.29) is 24.7 Å². The first-order valence-corrected chi connectivity index (χ1v) is 20.1. The maximum absolute atomic E-state index is 13.8. The number of unbranched alkanes of at least 4 members (excludes halogenated alkanes) is 1. The highest BCUT2D eigenvalue weighted by atomic mass is 16.4. The van der Waals surface area contributed by atoms with Gasteiger partial charge in [0.1, 0.15) is 48.4 Å². The van der Waals surface area contributed by atoms with Gasteiger partial charge < -0.3 is 68.5 Å². The van der Waals surface area contributed by atoms with E-state index in [1.165, 1.54) is 0 Å². The summed E-state index contributed by atoms with van der Waals surface area (Å²) in [5, 5.41) is 65.6. The van der Waals surface area contributed by atoms with Gasteiger partial charge in [0.2, 0.25) is 41.4 Å². The minimum atomic E-state index is -2.15. The molecule has 0 radical (unpaired) electrons. The normalized spacial score (nSPS) is 16.9. The van der Waals surface area contributed by atoms with Crippen LogP contribution in [0.4, 0.5) is 0 Å². The van der Waals surface area contributed by atoms with E-state index in [0.29, 0.717) is 19.3 Å². The van der Waals surface area contributed by atoms with Gasteiger partial charge in [0.15, 0.2) is 5.78 Å². The molecular formula is C38H68N8O14. The van der Waals surface area contributed by atoms with Gasteiger partial charge in [0.25, 0.3) is 0 Å². The van der Waals surface area contributed by atoms with Crippen LogP contribution in [0.3, 0.4) is 0 Å². The second-order valence-corrected chi connectivity index (χ2v) is 15.7. The molecule has 0 bridgehead atoms. The zero-order valence-electron chi connectivity index (χ0n) is 35.9. The summed E-state index contributed by atoms with van der Waals surface area (Å²) in [5.74, 6) is -10.4. The Morgan fingerprint density at radius 2 is 1.15 bits per heavy atom. The molecule has 0 aliphatic rings. The van der Waals surface area contributed by atoms with Crippen LogP contribution in [0.2, 0.25) is 0 Å². The molecule has 0 saturated heterocycles. The van der Waals surface area contributed by atoms with E-state index in [1.807, 2.05) is 31.4 Å². The van der Waals surface area contributed by atoms with Crippen molar-refractivity contribution in [2.24, 2.45) is 23.5 Å². The Morgan fingerprint density at radius 1 is 0.633 bits per heavy atom. The second-order valence-electron chi connectivity index (χ2n) is 15.7. The van der Waals surface area contributed by atoms with Crippen LogP contribution in [-0.2, 0) is 43.2 Å². The van der Waals surface area contributed by atoms with Gasteiger partial charge in [-0.25, -0.2) is 4.79 Å². The number of hydrogen-bond acceptors (Lipinski definition) is 14. The summed E-state index contributed by atoms with van der Waals surface area (Å²) in [7, 11) is 0. The van der Waals surface area contributed by atoms with Crippen LogP contribution in [0.1, 0.15) is 94.4 Å². The molecule has 0 spiro atoms. The van der Waals surface area contributed by atoms with Crippen molar-refractivity contribution < 1.29 is 68.7 Å². The maximum Gasteiger partial charge on any atom is 0.328 e. The number of aliphatic hydroxyl groups excluding tert-OH is 4. The molecular weight excluding hydrogens is 792 g/mol. The van der Waals surface area contributed by atoms with E-state index < -0.39 is 133 Å². The predicted octanol–water partition coefficient (Wildman–Crippen LogP) is -3.95. The van der Waals surface area contributed by atoms with E-state index >= 15 is 0 Å². The molecule has 0 fully saturated rings. The summed E-state index contributed by atoms with van der Waals surface area (Å²) in [6.45, 7) is 12.3. The van der Waals surface area contributed by atoms with Gasteiger partial charge >= 0.3 is 5.97 Å². The molecule has 7 amide bonds. The Hall–Kier alpha value is -4.77. The summed E-state index contributed by atoms with van der Waals surface area (Å²) >= 11 is 0. The molecule has 0 rings (SSSR count). The first-order valence-electron chi connectivity index (χ1n) is 20.1. The van der Waals surface area contributed by atoms with Crippen molar-refractivity contribution in [1.29, 1.82) is 0 Å². The smallest absolute Gasteiger partial charge is 0.328 e. The van der Waals surface area contributed by atoms with Crippen LogP contribution >= 0.6 is 0 Å². The van der Waals surface area contributed by atoms with Gasteiger partial charge in [-0.1, -0.05) is 67.7 Å². The van der Waals surface area contributed by atoms with E-state index in [4.69, 9.17) is 10.8 Å². The number of nitrogens with one attached hydrogen (secondary N) is 7. The summed E-state index contributed by atoms with van der Waals surface area (Å²) in [4.78, 5) is 116. The van der Waals surface area contributed by atoms with Crippen LogP contribution in [0, 0.1) is 17.8 Å². The fraction of sp³-hybridized carbons (Fsp3) is 0.763. The van der Waals surface area contributed by atoms with Gasteiger partial charge in [0.05, 0.1) is 25.4 Å². The van der Waals surface area contributed by atoms with Crippen molar-refractivity contribution in [3.63, 3.8) is 0 Å². The van der Waals surface area contributed by atoms with Gasteiger partial charge in [-0.05, 0) is 44.4 Å². The zero-order chi connectivity index (χ0) is 46.6. The van der Waals surface area contributed by atoms with E-state index in [1.54, 1.807) is 27.7 Å². The first kappa shape index (κ1) is 55.2. The number of nitrogens with two attached hydrogens (primary N) is 1. The monoisotopic (exact) mass is 860 g/mol. The standard InChI is InChI=1S/C38H68N8O14/c1-10-12-13-22(41-33(54)23(14-17(3)4)42-34(55)26(39)30(51)18(5)6)32(53)45-27(19(7)11-2)36(57)46-28(20(8)48)35(56)40-15-25(50)44-29(31(52)21(9)49)37(58)43-24(16-47)38(59)60/h17-20,22-24,26-31,47-48,51-52H,10-16,39H2,1-9H3,(H,40,56)(H,41,54)(H,42,55)(H,43,58)(H,44,50)(H,45,53)(H,46,57)(H,59,60)/t19-,20-,22+,23-,24-,26-,27?,28-,29-,30+,31+/m0/s1. The van der Waals surface area contributed by atoms with Gasteiger partial charge in [-0.15, -0.1) is 0 Å². The Bertz CT molecular complexity index is 1480. The Morgan fingerprint density at radius 3 is 1.62 bits per heavy atom. The third kappa shape index (κ3) is 18.7. The number of ketones is 1. The van der Waals surface area contributed by atoms with Crippen molar-refractivity contribution in [1.82, 2.24) is 37.2 Å². The van der Waals surface area contributed by atoms with Gasteiger partial charge in [-0.2, -0.15) is 0 Å². The number of carbonyl (C=O) groups excluding carboxylic acids is 8.